The molecule has 1 aliphatic rings. The van der Waals surface area contributed by atoms with Gasteiger partial charge in [0, 0.05) is 12.5 Å². The van der Waals surface area contributed by atoms with Crippen LogP contribution in [0.4, 0.5) is 10.6 Å². The second kappa shape index (κ2) is 7.14. The van der Waals surface area contributed by atoms with Gasteiger partial charge in [0.15, 0.2) is 11.6 Å². The van der Waals surface area contributed by atoms with E-state index < -0.39 is 5.54 Å². The number of hydrogen-bond donors (Lipinski definition) is 2. The van der Waals surface area contributed by atoms with E-state index in [2.05, 4.69) is 31.0 Å². The summed E-state index contributed by atoms with van der Waals surface area (Å²) in [6, 6.07) is 12.9. The molecule has 0 spiro atoms. The first-order valence-electron chi connectivity index (χ1n) is 8.94. The predicted molar refractivity (Wildman–Crippen MR) is 98.8 cm³/mol. The zero-order valence-electron chi connectivity index (χ0n) is 15.0. The van der Waals surface area contributed by atoms with Gasteiger partial charge >= 0.3 is 6.03 Å². The SMILES string of the molecule is Cc1nc(C2(NC(=O)Nc3ccc(-c4ccccc4)nn3)CCCC2)no1. The molecule has 0 radical (unpaired) electrons. The molecule has 4 rings (SSSR count). The largest absolute Gasteiger partial charge is 0.340 e. The molecule has 1 fully saturated rings. The molecule has 8 heteroatoms. The third-order valence-corrected chi connectivity index (χ3v) is 4.74. The van der Waals surface area contributed by atoms with E-state index >= 15 is 0 Å². The lowest BCUT2D eigenvalue weighted by molar-refractivity contribution is 0.232. The summed E-state index contributed by atoms with van der Waals surface area (Å²) in [7, 11) is 0. The average Bonchev–Trinajstić information content (AvgIpc) is 3.33. The van der Waals surface area contributed by atoms with Crippen molar-refractivity contribution in [2.24, 2.45) is 0 Å². The molecular weight excluding hydrogens is 344 g/mol. The first-order chi connectivity index (χ1) is 13.1. The van der Waals surface area contributed by atoms with Gasteiger partial charge in [-0.05, 0) is 25.0 Å². The smallest absolute Gasteiger partial charge is 0.321 e. The van der Waals surface area contributed by atoms with Gasteiger partial charge in [-0.15, -0.1) is 10.2 Å². The molecule has 27 heavy (non-hydrogen) atoms. The normalized spacial score (nSPS) is 15.4. The summed E-state index contributed by atoms with van der Waals surface area (Å²) >= 11 is 0. The van der Waals surface area contributed by atoms with Crippen LogP contribution < -0.4 is 10.6 Å². The Balaban J connectivity index is 1.45. The highest BCUT2D eigenvalue weighted by Crippen LogP contribution is 2.37. The molecule has 1 aliphatic carbocycles. The molecule has 8 nitrogen and oxygen atoms in total. The molecule has 1 aromatic carbocycles. The number of nitrogens with one attached hydrogen (secondary N) is 2. The van der Waals surface area contributed by atoms with Gasteiger partial charge in [0.2, 0.25) is 5.89 Å². The van der Waals surface area contributed by atoms with Crippen LogP contribution in [0.15, 0.2) is 47.0 Å². The Morgan fingerprint density at radius 3 is 2.48 bits per heavy atom. The molecule has 0 bridgehead atoms. The summed E-state index contributed by atoms with van der Waals surface area (Å²) in [5.41, 5.74) is 1.12. The molecule has 3 aromatic rings. The van der Waals surface area contributed by atoms with Crippen molar-refractivity contribution >= 4 is 11.8 Å². The lowest BCUT2D eigenvalue weighted by Crippen LogP contribution is -2.46. The third kappa shape index (κ3) is 3.64. The van der Waals surface area contributed by atoms with Crippen LogP contribution in [-0.4, -0.2) is 26.4 Å². The van der Waals surface area contributed by atoms with Crippen LogP contribution in [0.2, 0.25) is 0 Å². The van der Waals surface area contributed by atoms with E-state index in [1.165, 1.54) is 0 Å². The van der Waals surface area contributed by atoms with E-state index in [4.69, 9.17) is 4.52 Å². The second-order valence-electron chi connectivity index (χ2n) is 6.68. The topological polar surface area (TPSA) is 106 Å². The molecule has 2 N–H and O–H groups in total. The van der Waals surface area contributed by atoms with Crippen LogP contribution in [0.25, 0.3) is 11.3 Å². The number of nitrogens with zero attached hydrogens (tertiary/aromatic N) is 4. The molecule has 1 saturated carbocycles. The molecule has 138 valence electrons. The molecule has 2 heterocycles. The fourth-order valence-corrected chi connectivity index (χ4v) is 3.40. The maximum absolute atomic E-state index is 12.5. The van der Waals surface area contributed by atoms with E-state index in [1.54, 1.807) is 13.0 Å². The number of urea groups is 1. The zero-order valence-corrected chi connectivity index (χ0v) is 15.0. The summed E-state index contributed by atoms with van der Waals surface area (Å²) in [5, 5.41) is 18.0. The number of carbonyl (C=O) groups is 1. The first kappa shape index (κ1) is 17.1. The van der Waals surface area contributed by atoms with Crippen LogP contribution in [0, 0.1) is 6.92 Å². The van der Waals surface area contributed by atoms with Gasteiger partial charge in [-0.2, -0.15) is 4.98 Å². The molecule has 0 atom stereocenters. The number of rotatable bonds is 4. The van der Waals surface area contributed by atoms with Crippen molar-refractivity contribution < 1.29 is 9.32 Å². The number of amides is 2. The van der Waals surface area contributed by atoms with Gasteiger partial charge in [-0.3, -0.25) is 5.32 Å². The van der Waals surface area contributed by atoms with Crippen molar-refractivity contribution in [2.45, 2.75) is 38.1 Å². The molecule has 0 unspecified atom stereocenters. The third-order valence-electron chi connectivity index (χ3n) is 4.74. The minimum atomic E-state index is -0.598. The highest BCUT2D eigenvalue weighted by atomic mass is 16.5. The van der Waals surface area contributed by atoms with Crippen LogP contribution in [-0.2, 0) is 5.54 Å². The number of aromatic nitrogens is 4. The number of anilines is 1. The lowest BCUT2D eigenvalue weighted by atomic mass is 9.97. The van der Waals surface area contributed by atoms with Crippen molar-refractivity contribution in [3.05, 3.63) is 54.2 Å². The molecule has 2 aromatic heterocycles. The highest BCUT2D eigenvalue weighted by Gasteiger charge is 2.41. The van der Waals surface area contributed by atoms with E-state index in [0.29, 0.717) is 17.5 Å². The molecular formula is C19H20N6O2. The standard InChI is InChI=1S/C19H20N6O2/c1-13-20-17(25-27-13)19(11-5-6-12-19)22-18(26)21-16-10-9-15(23-24-16)14-7-3-2-4-8-14/h2-4,7-10H,5-6,11-12H2,1H3,(H2,21,22,24,26). The Labute approximate surface area is 156 Å². The average molecular weight is 364 g/mol. The summed E-state index contributed by atoms with van der Waals surface area (Å²) in [4.78, 5) is 16.9. The van der Waals surface area contributed by atoms with Crippen LogP contribution in [0.5, 0.6) is 0 Å². The van der Waals surface area contributed by atoms with Crippen molar-refractivity contribution in [1.29, 1.82) is 0 Å². The zero-order chi connectivity index (χ0) is 18.7. The van der Waals surface area contributed by atoms with Gasteiger partial charge in [0.1, 0.15) is 5.54 Å². The fourth-order valence-electron chi connectivity index (χ4n) is 3.40. The van der Waals surface area contributed by atoms with Crippen molar-refractivity contribution in [2.75, 3.05) is 5.32 Å². The minimum absolute atomic E-state index is 0.360. The van der Waals surface area contributed by atoms with E-state index in [9.17, 15) is 4.79 Å². The van der Waals surface area contributed by atoms with Gasteiger partial charge in [-0.25, -0.2) is 4.79 Å². The maximum atomic E-state index is 12.5. The Bertz CT molecular complexity index is 917. The van der Waals surface area contributed by atoms with Crippen molar-refractivity contribution in [3.8, 4) is 11.3 Å². The number of hydrogen-bond acceptors (Lipinski definition) is 6. The predicted octanol–water partition coefficient (Wildman–Crippen LogP) is 3.43. The number of benzene rings is 1. The molecule has 2 amide bonds. The van der Waals surface area contributed by atoms with E-state index in [0.717, 1.165) is 36.9 Å². The second-order valence-corrected chi connectivity index (χ2v) is 6.68. The summed E-state index contributed by atoms with van der Waals surface area (Å²) < 4.78 is 5.10. The maximum Gasteiger partial charge on any atom is 0.321 e. The van der Waals surface area contributed by atoms with E-state index in [1.807, 2.05) is 36.4 Å². The van der Waals surface area contributed by atoms with Crippen molar-refractivity contribution in [1.82, 2.24) is 25.7 Å². The quantitative estimate of drug-likeness (QED) is 0.735. The van der Waals surface area contributed by atoms with Gasteiger partial charge < -0.3 is 9.84 Å². The van der Waals surface area contributed by atoms with Gasteiger partial charge in [0.05, 0.1) is 5.69 Å². The monoisotopic (exact) mass is 364 g/mol. The lowest BCUT2D eigenvalue weighted by Gasteiger charge is -2.26. The van der Waals surface area contributed by atoms with Crippen molar-refractivity contribution in [3.63, 3.8) is 0 Å². The highest BCUT2D eigenvalue weighted by molar-refractivity contribution is 5.88. The summed E-state index contributed by atoms with van der Waals surface area (Å²) in [6.45, 7) is 1.74. The van der Waals surface area contributed by atoms with Crippen LogP contribution in [0.1, 0.15) is 37.4 Å². The Kier molecular flexibility index (Phi) is 4.53. The fraction of sp³-hybridized carbons (Fsp3) is 0.316. The number of carbonyl (C=O) groups excluding carboxylic acids is 1. The first-order valence-corrected chi connectivity index (χ1v) is 8.94. The van der Waals surface area contributed by atoms with E-state index in [-0.39, 0.29) is 6.03 Å². The van der Waals surface area contributed by atoms with Crippen LogP contribution in [0.3, 0.4) is 0 Å². The Hall–Kier alpha value is -3.29. The Morgan fingerprint density at radius 1 is 1.07 bits per heavy atom. The minimum Gasteiger partial charge on any atom is -0.340 e. The van der Waals surface area contributed by atoms with Gasteiger partial charge in [-0.1, -0.05) is 48.3 Å². The van der Waals surface area contributed by atoms with Crippen LogP contribution >= 0.6 is 0 Å². The Morgan fingerprint density at radius 2 is 1.85 bits per heavy atom. The van der Waals surface area contributed by atoms with Gasteiger partial charge in [0.25, 0.3) is 0 Å². The summed E-state index contributed by atoms with van der Waals surface area (Å²) in [5.74, 6) is 1.39. The molecule has 0 aliphatic heterocycles. The summed E-state index contributed by atoms with van der Waals surface area (Å²) in [6.07, 6.45) is 3.55. The molecule has 0 saturated heterocycles. The number of aryl methyl sites for hydroxylation is 1.